The maximum Gasteiger partial charge on any atom is 0.250 e. The van der Waals surface area contributed by atoms with E-state index in [1.54, 1.807) is 0 Å². The monoisotopic (exact) mass is 353 g/mol. The van der Waals surface area contributed by atoms with Gasteiger partial charge in [-0.25, -0.2) is 0 Å². The number of amides is 3. The molecule has 5 rings (SSSR count). The molecule has 1 aromatic carbocycles. The zero-order chi connectivity index (χ0) is 18.1. The molecule has 0 radical (unpaired) electrons. The molecule has 0 aromatic heterocycles. The van der Waals surface area contributed by atoms with Gasteiger partial charge in [0.2, 0.25) is 17.7 Å². The molecular weight excluding hydrogens is 330 g/mol. The summed E-state index contributed by atoms with van der Waals surface area (Å²) < 4.78 is 0. The molecule has 26 heavy (non-hydrogen) atoms. The first-order valence-corrected chi connectivity index (χ1v) is 9.65. The normalized spacial score (nSPS) is 35.2. The van der Waals surface area contributed by atoms with Crippen LogP contribution in [0.2, 0.25) is 0 Å². The Hall–Kier alpha value is -2.21. The molecule has 4 atom stereocenters. The van der Waals surface area contributed by atoms with Crippen LogP contribution in [0.25, 0.3) is 0 Å². The topological polar surface area (TPSA) is 69.7 Å². The second-order valence-electron chi connectivity index (χ2n) is 7.85. The van der Waals surface area contributed by atoms with Crippen molar-refractivity contribution in [2.24, 2.45) is 11.8 Å². The molecule has 4 aliphatic rings. The Morgan fingerprint density at radius 1 is 1.19 bits per heavy atom. The zero-order valence-corrected chi connectivity index (χ0v) is 14.9. The highest BCUT2D eigenvalue weighted by atomic mass is 16.2. The molecule has 0 aliphatic carbocycles. The van der Waals surface area contributed by atoms with Crippen molar-refractivity contribution in [2.75, 3.05) is 18.4 Å². The van der Waals surface area contributed by atoms with E-state index in [2.05, 4.69) is 10.2 Å². The molecule has 0 saturated carbocycles. The van der Waals surface area contributed by atoms with Crippen LogP contribution >= 0.6 is 0 Å². The van der Waals surface area contributed by atoms with E-state index in [1.165, 1.54) is 4.90 Å². The Kier molecular flexibility index (Phi) is 3.32. The third-order valence-corrected chi connectivity index (χ3v) is 6.73. The summed E-state index contributed by atoms with van der Waals surface area (Å²) >= 11 is 0. The summed E-state index contributed by atoms with van der Waals surface area (Å²) in [5, 5.41) is 2.99. The van der Waals surface area contributed by atoms with Crippen LogP contribution in [0.5, 0.6) is 0 Å². The van der Waals surface area contributed by atoms with Crippen molar-refractivity contribution in [3.8, 4) is 0 Å². The zero-order valence-electron chi connectivity index (χ0n) is 14.9. The van der Waals surface area contributed by atoms with Gasteiger partial charge in [-0.2, -0.15) is 0 Å². The molecule has 136 valence electrons. The number of fused-ring (bicyclic) bond motifs is 7. The standard InChI is InChI=1S/C20H23N3O3/c1-2-3-10-22-17(24)15-14-9-6-11-23(14)20(16(15)18(22)25)12-7-4-5-8-13(12)21-19(20)26/h4-5,7-8,14-16H,2-3,6,9-11H2,1H3,(H,21,26)/t14-,15-,16+,20+/m1/s1. The van der Waals surface area contributed by atoms with Crippen molar-refractivity contribution in [1.29, 1.82) is 0 Å². The number of rotatable bonds is 3. The number of likely N-dealkylation sites (tertiary alicyclic amines) is 1. The summed E-state index contributed by atoms with van der Waals surface area (Å²) in [6.07, 6.45) is 3.57. The average molecular weight is 353 g/mol. The van der Waals surface area contributed by atoms with Crippen LogP contribution in [0.3, 0.4) is 0 Å². The highest BCUT2D eigenvalue weighted by molar-refractivity contribution is 6.15. The third kappa shape index (κ3) is 1.68. The number of unbranched alkanes of at least 4 members (excludes halogenated alkanes) is 1. The fourth-order valence-electron chi connectivity index (χ4n) is 5.76. The minimum absolute atomic E-state index is 0.0139. The van der Waals surface area contributed by atoms with Gasteiger partial charge in [0.05, 0.1) is 11.8 Å². The quantitative estimate of drug-likeness (QED) is 0.840. The average Bonchev–Trinajstić information content (AvgIpc) is 3.33. The molecule has 4 heterocycles. The third-order valence-electron chi connectivity index (χ3n) is 6.73. The van der Waals surface area contributed by atoms with Crippen molar-refractivity contribution >= 4 is 23.4 Å². The first kappa shape index (κ1) is 16.0. The lowest BCUT2D eigenvalue weighted by Gasteiger charge is -2.36. The summed E-state index contributed by atoms with van der Waals surface area (Å²) in [4.78, 5) is 43.4. The molecule has 6 nitrogen and oxygen atoms in total. The Labute approximate surface area is 152 Å². The van der Waals surface area contributed by atoms with E-state index in [-0.39, 0.29) is 23.8 Å². The van der Waals surface area contributed by atoms with Crippen LogP contribution in [0, 0.1) is 11.8 Å². The van der Waals surface area contributed by atoms with Crippen molar-refractivity contribution in [2.45, 2.75) is 44.2 Å². The molecule has 1 aromatic rings. The van der Waals surface area contributed by atoms with Gasteiger partial charge in [0.1, 0.15) is 5.54 Å². The van der Waals surface area contributed by atoms with Crippen molar-refractivity contribution < 1.29 is 14.4 Å². The summed E-state index contributed by atoms with van der Waals surface area (Å²) in [5.41, 5.74) is 0.620. The molecular formula is C20H23N3O3. The molecule has 4 aliphatic heterocycles. The fraction of sp³-hybridized carbons (Fsp3) is 0.550. The van der Waals surface area contributed by atoms with Crippen LogP contribution in [-0.2, 0) is 19.9 Å². The van der Waals surface area contributed by atoms with E-state index in [0.29, 0.717) is 6.54 Å². The van der Waals surface area contributed by atoms with Gasteiger partial charge in [-0.15, -0.1) is 0 Å². The first-order chi connectivity index (χ1) is 12.6. The second-order valence-corrected chi connectivity index (χ2v) is 7.85. The Morgan fingerprint density at radius 2 is 2.00 bits per heavy atom. The van der Waals surface area contributed by atoms with Crippen LogP contribution in [0.15, 0.2) is 24.3 Å². The minimum atomic E-state index is -1.02. The van der Waals surface area contributed by atoms with Gasteiger partial charge < -0.3 is 5.32 Å². The molecule has 1 spiro atoms. The summed E-state index contributed by atoms with van der Waals surface area (Å²) in [6.45, 7) is 3.27. The highest BCUT2D eigenvalue weighted by Crippen LogP contribution is 2.60. The number of anilines is 1. The van der Waals surface area contributed by atoms with Crippen LogP contribution in [0.1, 0.15) is 38.2 Å². The van der Waals surface area contributed by atoms with Crippen LogP contribution in [0.4, 0.5) is 5.69 Å². The van der Waals surface area contributed by atoms with E-state index in [4.69, 9.17) is 0 Å². The van der Waals surface area contributed by atoms with E-state index in [9.17, 15) is 14.4 Å². The van der Waals surface area contributed by atoms with Crippen molar-refractivity contribution in [1.82, 2.24) is 9.80 Å². The number of benzene rings is 1. The van der Waals surface area contributed by atoms with E-state index < -0.39 is 17.4 Å². The number of nitrogens with zero attached hydrogens (tertiary/aromatic N) is 2. The number of imide groups is 1. The highest BCUT2D eigenvalue weighted by Gasteiger charge is 2.74. The van der Waals surface area contributed by atoms with Gasteiger partial charge in [-0.1, -0.05) is 31.5 Å². The fourth-order valence-corrected chi connectivity index (χ4v) is 5.76. The molecule has 0 unspecified atom stereocenters. The van der Waals surface area contributed by atoms with Gasteiger partial charge in [-0.3, -0.25) is 24.2 Å². The van der Waals surface area contributed by atoms with Crippen molar-refractivity contribution in [3.05, 3.63) is 29.8 Å². The van der Waals surface area contributed by atoms with E-state index in [0.717, 1.165) is 43.5 Å². The lowest BCUT2D eigenvalue weighted by atomic mass is 9.75. The number of carbonyl (C=O) groups excluding carboxylic acids is 3. The summed E-state index contributed by atoms with van der Waals surface area (Å²) in [5.74, 6) is -1.36. The predicted octanol–water partition coefficient (Wildman–Crippen LogP) is 1.71. The largest absolute Gasteiger partial charge is 0.324 e. The van der Waals surface area contributed by atoms with Gasteiger partial charge in [-0.05, 0) is 31.9 Å². The van der Waals surface area contributed by atoms with Crippen LogP contribution < -0.4 is 5.32 Å². The van der Waals surface area contributed by atoms with Gasteiger partial charge in [0.15, 0.2) is 0 Å². The minimum Gasteiger partial charge on any atom is -0.324 e. The maximum absolute atomic E-state index is 13.3. The Balaban J connectivity index is 1.68. The summed E-state index contributed by atoms with van der Waals surface area (Å²) in [6, 6.07) is 7.62. The number of hydrogen-bond acceptors (Lipinski definition) is 4. The molecule has 1 N–H and O–H groups in total. The number of carbonyl (C=O) groups is 3. The number of nitrogens with one attached hydrogen (secondary N) is 1. The molecule has 6 heteroatoms. The molecule has 3 saturated heterocycles. The predicted molar refractivity (Wildman–Crippen MR) is 95.1 cm³/mol. The SMILES string of the molecule is CCCCN1C(=O)[C@@H]2[C@H]3CCCN3[C@]3(C(=O)Nc4ccccc43)[C@@H]2C1=O. The smallest absolute Gasteiger partial charge is 0.250 e. The molecule has 0 bridgehead atoms. The van der Waals surface area contributed by atoms with E-state index in [1.807, 2.05) is 31.2 Å². The Morgan fingerprint density at radius 3 is 2.81 bits per heavy atom. The second kappa shape index (κ2) is 5.39. The van der Waals surface area contributed by atoms with Crippen LogP contribution in [-0.4, -0.2) is 46.7 Å². The lowest BCUT2D eigenvalue weighted by molar-refractivity contribution is -0.145. The van der Waals surface area contributed by atoms with Crippen molar-refractivity contribution in [3.63, 3.8) is 0 Å². The molecule has 3 fully saturated rings. The first-order valence-electron chi connectivity index (χ1n) is 9.65. The summed E-state index contributed by atoms with van der Waals surface area (Å²) in [7, 11) is 0. The number of para-hydroxylation sites is 1. The number of hydrogen-bond donors (Lipinski definition) is 1. The van der Waals surface area contributed by atoms with Gasteiger partial charge in [0.25, 0.3) is 0 Å². The van der Waals surface area contributed by atoms with E-state index >= 15 is 0 Å². The Bertz CT molecular complexity index is 822. The van der Waals surface area contributed by atoms with Gasteiger partial charge in [0, 0.05) is 23.8 Å². The van der Waals surface area contributed by atoms with Gasteiger partial charge >= 0.3 is 0 Å². The maximum atomic E-state index is 13.3. The molecule has 3 amide bonds. The lowest BCUT2D eigenvalue weighted by Crippen LogP contribution is -2.54.